The molecule has 1 atom stereocenters. The van der Waals surface area contributed by atoms with E-state index in [2.05, 4.69) is 27.6 Å². The van der Waals surface area contributed by atoms with Gasteiger partial charge >= 0.3 is 0 Å². The van der Waals surface area contributed by atoms with Crippen molar-refractivity contribution in [3.8, 4) is 0 Å². The van der Waals surface area contributed by atoms with Crippen LogP contribution in [0.15, 0.2) is 29.2 Å². The van der Waals surface area contributed by atoms with E-state index in [4.69, 9.17) is 0 Å². The Kier molecular flexibility index (Phi) is 6.70. The fourth-order valence-electron chi connectivity index (χ4n) is 1.42. The molecule has 0 heterocycles. The van der Waals surface area contributed by atoms with E-state index in [0.717, 1.165) is 22.4 Å². The average Bonchev–Trinajstić information content (AvgIpc) is 2.36. The summed E-state index contributed by atoms with van der Waals surface area (Å²) in [6, 6.07) is 6.84. The molecular weight excluding hydrogens is 334 g/mol. The normalized spacial score (nSPS) is 13.5. The highest BCUT2D eigenvalue weighted by atomic mass is 79.9. The Hall–Kier alpha value is -0.0400. The van der Waals surface area contributed by atoms with E-state index in [0.29, 0.717) is 4.90 Å². The van der Waals surface area contributed by atoms with Crippen molar-refractivity contribution in [3.05, 3.63) is 29.8 Å². The molecule has 0 bridgehead atoms. The zero-order valence-electron chi connectivity index (χ0n) is 10.5. The third kappa shape index (κ3) is 4.91. The number of benzene rings is 1. The lowest BCUT2D eigenvalue weighted by Crippen LogP contribution is -2.34. The van der Waals surface area contributed by atoms with Crippen molar-refractivity contribution in [2.24, 2.45) is 0 Å². The maximum atomic E-state index is 12.1. The van der Waals surface area contributed by atoms with Crippen molar-refractivity contribution in [3.63, 3.8) is 0 Å². The van der Waals surface area contributed by atoms with Crippen molar-refractivity contribution in [2.75, 3.05) is 11.5 Å². The van der Waals surface area contributed by atoms with Crippen LogP contribution in [0, 0.1) is 0 Å². The molecule has 0 aliphatic rings. The molecular formula is C12H18BrNO2S2. The van der Waals surface area contributed by atoms with E-state index in [1.165, 1.54) is 0 Å². The summed E-state index contributed by atoms with van der Waals surface area (Å²) in [4.78, 5) is 0.320. The summed E-state index contributed by atoms with van der Waals surface area (Å²) >= 11 is 5.06. The standard InChI is InChI=1S/C12H18BrNO2S2/c1-3-17-9-10(2)14-18(15,16)12-6-4-11(8-13)5-7-12/h4-7,10,14H,3,8-9H2,1-2H3. The molecule has 0 radical (unpaired) electrons. The van der Waals surface area contributed by atoms with Gasteiger partial charge in [-0.25, -0.2) is 13.1 Å². The summed E-state index contributed by atoms with van der Waals surface area (Å²) in [5.41, 5.74) is 1.06. The number of alkyl halides is 1. The first-order chi connectivity index (χ1) is 8.49. The molecule has 18 heavy (non-hydrogen) atoms. The SMILES string of the molecule is CCSCC(C)NS(=O)(=O)c1ccc(CBr)cc1. The lowest BCUT2D eigenvalue weighted by molar-refractivity contribution is 0.571. The smallest absolute Gasteiger partial charge is 0.208 e. The second kappa shape index (κ2) is 7.53. The Morgan fingerprint density at radius 1 is 1.33 bits per heavy atom. The highest BCUT2D eigenvalue weighted by Crippen LogP contribution is 2.13. The molecule has 6 heteroatoms. The van der Waals surface area contributed by atoms with E-state index in [-0.39, 0.29) is 6.04 Å². The van der Waals surface area contributed by atoms with E-state index < -0.39 is 10.0 Å². The second-order valence-corrected chi connectivity index (χ2v) is 7.55. The number of sulfonamides is 1. The van der Waals surface area contributed by atoms with Gasteiger partial charge in [-0.15, -0.1) is 0 Å². The van der Waals surface area contributed by atoms with Crippen molar-refractivity contribution < 1.29 is 8.42 Å². The summed E-state index contributed by atoms with van der Waals surface area (Å²) in [5.74, 6) is 1.78. The van der Waals surface area contributed by atoms with E-state index in [1.807, 2.05) is 19.1 Å². The number of nitrogens with one attached hydrogen (secondary N) is 1. The molecule has 1 aromatic rings. The Bertz CT molecular complexity index is 459. The minimum atomic E-state index is -3.39. The Morgan fingerprint density at radius 2 is 1.94 bits per heavy atom. The number of halogens is 1. The zero-order valence-corrected chi connectivity index (χ0v) is 13.7. The van der Waals surface area contributed by atoms with Crippen LogP contribution in [0.25, 0.3) is 0 Å². The largest absolute Gasteiger partial charge is 0.240 e. The van der Waals surface area contributed by atoms with E-state index >= 15 is 0 Å². The molecule has 0 saturated carbocycles. The number of hydrogen-bond acceptors (Lipinski definition) is 3. The molecule has 0 aliphatic carbocycles. The molecule has 0 aliphatic heterocycles. The van der Waals surface area contributed by atoms with Gasteiger partial charge in [-0.2, -0.15) is 11.8 Å². The molecule has 0 aromatic heterocycles. The highest BCUT2D eigenvalue weighted by Gasteiger charge is 2.16. The minimum Gasteiger partial charge on any atom is -0.208 e. The Labute approximate surface area is 122 Å². The Morgan fingerprint density at radius 3 is 2.44 bits per heavy atom. The predicted octanol–water partition coefficient (Wildman–Crippen LogP) is 3.00. The fraction of sp³-hybridized carbons (Fsp3) is 0.500. The molecule has 1 rings (SSSR count). The van der Waals surface area contributed by atoms with Gasteiger partial charge < -0.3 is 0 Å². The Balaban J connectivity index is 2.73. The van der Waals surface area contributed by atoms with Gasteiger partial charge in [0.15, 0.2) is 0 Å². The molecule has 3 nitrogen and oxygen atoms in total. The van der Waals surface area contributed by atoms with Gasteiger partial charge in [0.05, 0.1) is 4.90 Å². The summed E-state index contributed by atoms with van der Waals surface area (Å²) < 4.78 is 26.8. The summed E-state index contributed by atoms with van der Waals surface area (Å²) in [6.45, 7) is 3.94. The summed E-state index contributed by atoms with van der Waals surface area (Å²) in [7, 11) is -3.39. The lowest BCUT2D eigenvalue weighted by atomic mass is 10.2. The first-order valence-corrected chi connectivity index (χ1v) is 9.50. The molecule has 102 valence electrons. The second-order valence-electron chi connectivity index (χ2n) is 3.96. The first kappa shape index (κ1) is 16.0. The van der Waals surface area contributed by atoms with Crippen LogP contribution < -0.4 is 4.72 Å². The molecule has 0 fully saturated rings. The third-order valence-corrected chi connectivity index (χ3v) is 5.71. The topological polar surface area (TPSA) is 46.2 Å². The van der Waals surface area contributed by atoms with Crippen molar-refractivity contribution in [1.29, 1.82) is 0 Å². The monoisotopic (exact) mass is 351 g/mol. The third-order valence-electron chi connectivity index (χ3n) is 2.32. The quantitative estimate of drug-likeness (QED) is 0.768. The van der Waals surface area contributed by atoms with Crippen molar-refractivity contribution >= 4 is 37.7 Å². The first-order valence-electron chi connectivity index (χ1n) is 5.74. The van der Waals surface area contributed by atoms with Crippen LogP contribution in [0.2, 0.25) is 0 Å². The molecule has 0 amide bonds. The van der Waals surface area contributed by atoms with Crippen LogP contribution in [0.3, 0.4) is 0 Å². The van der Waals surface area contributed by atoms with Gasteiger partial charge in [0.25, 0.3) is 0 Å². The van der Waals surface area contributed by atoms with Crippen LogP contribution in [0.4, 0.5) is 0 Å². The lowest BCUT2D eigenvalue weighted by Gasteiger charge is -2.13. The van der Waals surface area contributed by atoms with Gasteiger partial charge in [-0.05, 0) is 30.4 Å². The maximum Gasteiger partial charge on any atom is 0.240 e. The number of thioether (sulfide) groups is 1. The van der Waals surface area contributed by atoms with Gasteiger partial charge in [-0.3, -0.25) is 0 Å². The average molecular weight is 352 g/mol. The predicted molar refractivity (Wildman–Crippen MR) is 81.9 cm³/mol. The van der Waals surface area contributed by atoms with E-state index in [9.17, 15) is 8.42 Å². The molecule has 1 unspecified atom stereocenters. The van der Waals surface area contributed by atoms with Gasteiger partial charge in [0, 0.05) is 17.1 Å². The van der Waals surface area contributed by atoms with Crippen LogP contribution in [0.1, 0.15) is 19.4 Å². The van der Waals surface area contributed by atoms with Gasteiger partial charge in [0.1, 0.15) is 0 Å². The summed E-state index contributed by atoms with van der Waals surface area (Å²) in [6.07, 6.45) is 0. The van der Waals surface area contributed by atoms with Crippen LogP contribution in [-0.4, -0.2) is 26.0 Å². The maximum absolute atomic E-state index is 12.1. The van der Waals surface area contributed by atoms with E-state index in [1.54, 1.807) is 23.9 Å². The minimum absolute atomic E-state index is 0.0594. The van der Waals surface area contributed by atoms with Gasteiger partial charge in [0.2, 0.25) is 10.0 Å². The van der Waals surface area contributed by atoms with Crippen LogP contribution in [0.5, 0.6) is 0 Å². The molecule has 1 N–H and O–H groups in total. The zero-order chi connectivity index (χ0) is 13.6. The van der Waals surface area contributed by atoms with Crippen molar-refractivity contribution in [2.45, 2.75) is 30.1 Å². The van der Waals surface area contributed by atoms with Crippen LogP contribution in [-0.2, 0) is 15.4 Å². The molecule has 0 saturated heterocycles. The molecule has 1 aromatic carbocycles. The van der Waals surface area contributed by atoms with Crippen LogP contribution >= 0.6 is 27.7 Å². The number of rotatable bonds is 7. The van der Waals surface area contributed by atoms with Gasteiger partial charge in [-0.1, -0.05) is 35.0 Å². The summed E-state index contributed by atoms with van der Waals surface area (Å²) in [5, 5.41) is 0.726. The number of hydrogen-bond donors (Lipinski definition) is 1. The highest BCUT2D eigenvalue weighted by molar-refractivity contribution is 9.08. The fourth-order valence-corrected chi connectivity index (χ4v) is 3.81. The molecule has 0 spiro atoms. The van der Waals surface area contributed by atoms with Crippen molar-refractivity contribution in [1.82, 2.24) is 4.72 Å².